The Bertz CT molecular complexity index is 618. The van der Waals surface area contributed by atoms with Crippen LogP contribution in [-0.2, 0) is 13.1 Å². The lowest BCUT2D eigenvalue weighted by molar-refractivity contribution is 0.383. The molecule has 21 heavy (non-hydrogen) atoms. The number of nitrogens with one attached hydrogen (secondary N) is 1. The molecule has 2 aromatic carbocycles. The molecule has 0 aliphatic carbocycles. The van der Waals surface area contributed by atoms with Gasteiger partial charge in [0.05, 0.1) is 7.11 Å². The molecule has 0 aliphatic heterocycles. The van der Waals surface area contributed by atoms with Gasteiger partial charge in [-0.15, -0.1) is 0 Å². The Morgan fingerprint density at radius 3 is 2.29 bits per heavy atom. The minimum atomic E-state index is -0.348. The highest BCUT2D eigenvalue weighted by molar-refractivity contribution is 5.32. The number of methoxy groups -OCH3 is 1. The topological polar surface area (TPSA) is 21.3 Å². The second kappa shape index (κ2) is 6.68. The molecule has 2 rings (SSSR count). The lowest BCUT2D eigenvalue weighted by atomic mass is 10.1. The molecule has 0 fully saturated rings. The summed E-state index contributed by atoms with van der Waals surface area (Å²) >= 11 is 0. The maximum absolute atomic E-state index is 14.0. The van der Waals surface area contributed by atoms with Crippen LogP contribution in [-0.4, -0.2) is 7.11 Å². The minimum Gasteiger partial charge on any atom is -0.494 e. The Balaban J connectivity index is 2.02. The van der Waals surface area contributed by atoms with Gasteiger partial charge in [-0.25, -0.2) is 8.78 Å². The third-order valence-electron chi connectivity index (χ3n) is 3.40. The van der Waals surface area contributed by atoms with Gasteiger partial charge in [-0.2, -0.15) is 0 Å². The van der Waals surface area contributed by atoms with Crippen molar-refractivity contribution >= 4 is 0 Å². The molecule has 0 spiro atoms. The van der Waals surface area contributed by atoms with Crippen molar-refractivity contribution in [2.24, 2.45) is 0 Å². The molecule has 0 atom stereocenters. The molecule has 2 nitrogen and oxygen atoms in total. The predicted molar refractivity (Wildman–Crippen MR) is 79.4 cm³/mol. The first kappa shape index (κ1) is 15.4. The van der Waals surface area contributed by atoms with Crippen molar-refractivity contribution in [3.63, 3.8) is 0 Å². The Morgan fingerprint density at radius 1 is 1.00 bits per heavy atom. The molecule has 1 N–H and O–H groups in total. The summed E-state index contributed by atoms with van der Waals surface area (Å²) in [7, 11) is 1.44. The second-order valence-corrected chi connectivity index (χ2v) is 5.08. The molecular weight excluding hydrogens is 272 g/mol. The average molecular weight is 291 g/mol. The number of benzene rings is 2. The van der Waals surface area contributed by atoms with Gasteiger partial charge in [0.1, 0.15) is 5.82 Å². The maximum atomic E-state index is 14.0. The fourth-order valence-electron chi connectivity index (χ4n) is 2.33. The van der Waals surface area contributed by atoms with E-state index in [0.717, 1.165) is 5.56 Å². The average Bonchev–Trinajstić information content (AvgIpc) is 2.46. The van der Waals surface area contributed by atoms with E-state index in [9.17, 15) is 8.78 Å². The van der Waals surface area contributed by atoms with Gasteiger partial charge in [-0.05, 0) is 36.6 Å². The van der Waals surface area contributed by atoms with E-state index in [-0.39, 0.29) is 17.4 Å². The van der Waals surface area contributed by atoms with Crippen molar-refractivity contribution in [3.8, 4) is 5.75 Å². The zero-order chi connectivity index (χ0) is 15.4. The Kier molecular flexibility index (Phi) is 4.91. The zero-order valence-corrected chi connectivity index (χ0v) is 12.5. The van der Waals surface area contributed by atoms with Gasteiger partial charge < -0.3 is 10.1 Å². The Morgan fingerprint density at radius 2 is 1.67 bits per heavy atom. The number of aryl methyl sites for hydroxylation is 2. The Hall–Kier alpha value is -1.94. The molecule has 4 heteroatoms. The van der Waals surface area contributed by atoms with E-state index < -0.39 is 0 Å². The van der Waals surface area contributed by atoms with Gasteiger partial charge in [0.2, 0.25) is 0 Å². The highest BCUT2D eigenvalue weighted by atomic mass is 19.1. The van der Waals surface area contributed by atoms with Crippen LogP contribution in [0.15, 0.2) is 30.3 Å². The van der Waals surface area contributed by atoms with Crippen LogP contribution in [0.25, 0.3) is 0 Å². The van der Waals surface area contributed by atoms with Crippen LogP contribution < -0.4 is 10.1 Å². The van der Waals surface area contributed by atoms with E-state index in [1.54, 1.807) is 44.2 Å². The number of hydrogen-bond acceptors (Lipinski definition) is 2. The smallest absolute Gasteiger partial charge is 0.169 e. The molecule has 0 unspecified atom stereocenters. The van der Waals surface area contributed by atoms with Crippen molar-refractivity contribution < 1.29 is 13.5 Å². The third-order valence-corrected chi connectivity index (χ3v) is 3.40. The number of halogens is 2. The molecule has 0 radical (unpaired) electrons. The van der Waals surface area contributed by atoms with Crippen molar-refractivity contribution in [1.29, 1.82) is 0 Å². The van der Waals surface area contributed by atoms with Crippen LogP contribution in [0.3, 0.4) is 0 Å². The van der Waals surface area contributed by atoms with Crippen LogP contribution in [0.4, 0.5) is 8.78 Å². The monoisotopic (exact) mass is 291 g/mol. The first-order valence-electron chi connectivity index (χ1n) is 6.80. The highest BCUT2D eigenvalue weighted by Crippen LogP contribution is 2.20. The van der Waals surface area contributed by atoms with Gasteiger partial charge >= 0.3 is 0 Å². The predicted octanol–water partition coefficient (Wildman–Crippen LogP) is 3.88. The number of rotatable bonds is 5. The standard InChI is InChI=1S/C17H19F2NO/c1-11-7-13(8-12(2)16(11)18)9-20-10-14-5-4-6-15(21-3)17(14)19/h4-8,20H,9-10H2,1-3H3. The van der Waals surface area contributed by atoms with Crippen LogP contribution in [0.2, 0.25) is 0 Å². The normalized spacial score (nSPS) is 10.7. The maximum Gasteiger partial charge on any atom is 0.169 e. The molecule has 0 amide bonds. The summed E-state index contributed by atoms with van der Waals surface area (Å²) in [6.07, 6.45) is 0. The van der Waals surface area contributed by atoms with Gasteiger partial charge in [0.25, 0.3) is 0 Å². The summed E-state index contributed by atoms with van der Waals surface area (Å²) in [5.41, 5.74) is 2.78. The second-order valence-electron chi connectivity index (χ2n) is 5.08. The van der Waals surface area contributed by atoms with E-state index in [1.807, 2.05) is 0 Å². The summed E-state index contributed by atoms with van der Waals surface area (Å²) in [6, 6.07) is 8.66. The molecule has 112 valence electrons. The van der Waals surface area contributed by atoms with Gasteiger partial charge in [0, 0.05) is 18.7 Å². The fourth-order valence-corrected chi connectivity index (χ4v) is 2.33. The van der Waals surface area contributed by atoms with Crippen LogP contribution in [0, 0.1) is 25.5 Å². The summed E-state index contributed by atoms with van der Waals surface area (Å²) in [5.74, 6) is -0.278. The van der Waals surface area contributed by atoms with Crippen LogP contribution >= 0.6 is 0 Å². The molecule has 0 aromatic heterocycles. The molecule has 0 saturated carbocycles. The van der Waals surface area contributed by atoms with E-state index >= 15 is 0 Å². The van der Waals surface area contributed by atoms with Gasteiger partial charge in [-0.3, -0.25) is 0 Å². The first-order chi connectivity index (χ1) is 10.0. The molecular formula is C17H19F2NO. The molecule has 0 saturated heterocycles. The highest BCUT2D eigenvalue weighted by Gasteiger charge is 2.08. The number of ether oxygens (including phenoxy) is 1. The quantitative estimate of drug-likeness (QED) is 0.902. The fraction of sp³-hybridized carbons (Fsp3) is 0.294. The largest absolute Gasteiger partial charge is 0.494 e. The zero-order valence-electron chi connectivity index (χ0n) is 12.5. The molecule has 0 aliphatic rings. The molecule has 0 bridgehead atoms. The van der Waals surface area contributed by atoms with Crippen molar-refractivity contribution in [2.75, 3.05) is 7.11 Å². The summed E-state index contributed by atoms with van der Waals surface area (Å²) in [4.78, 5) is 0. The molecule has 2 aromatic rings. The molecule has 0 heterocycles. The van der Waals surface area contributed by atoms with E-state index in [1.165, 1.54) is 7.11 Å². The lowest BCUT2D eigenvalue weighted by Gasteiger charge is -2.10. The van der Waals surface area contributed by atoms with Crippen LogP contribution in [0.5, 0.6) is 5.75 Å². The van der Waals surface area contributed by atoms with E-state index in [2.05, 4.69) is 5.32 Å². The summed E-state index contributed by atoms with van der Waals surface area (Å²) in [5, 5.41) is 3.17. The first-order valence-corrected chi connectivity index (χ1v) is 6.80. The number of hydrogen-bond donors (Lipinski definition) is 1. The summed E-state index contributed by atoms with van der Waals surface area (Å²) in [6.45, 7) is 4.43. The van der Waals surface area contributed by atoms with Gasteiger partial charge in [0.15, 0.2) is 11.6 Å². The SMILES string of the molecule is COc1cccc(CNCc2cc(C)c(F)c(C)c2)c1F. The minimum absolute atomic E-state index is 0.169. The summed E-state index contributed by atoms with van der Waals surface area (Å²) < 4.78 is 32.5. The van der Waals surface area contributed by atoms with Gasteiger partial charge in [-0.1, -0.05) is 24.3 Å². The lowest BCUT2D eigenvalue weighted by Crippen LogP contribution is -2.14. The van der Waals surface area contributed by atoms with Crippen LogP contribution in [0.1, 0.15) is 22.3 Å². The van der Waals surface area contributed by atoms with Crippen molar-refractivity contribution in [3.05, 3.63) is 64.2 Å². The Labute approximate surface area is 123 Å². The van der Waals surface area contributed by atoms with E-state index in [4.69, 9.17) is 4.74 Å². The van der Waals surface area contributed by atoms with Crippen molar-refractivity contribution in [2.45, 2.75) is 26.9 Å². The van der Waals surface area contributed by atoms with Crippen molar-refractivity contribution in [1.82, 2.24) is 5.32 Å². The van der Waals surface area contributed by atoms with E-state index in [0.29, 0.717) is 29.8 Å². The third kappa shape index (κ3) is 3.58.